The van der Waals surface area contributed by atoms with Gasteiger partial charge in [0.15, 0.2) is 0 Å². The Hall–Kier alpha value is -1.64. The van der Waals surface area contributed by atoms with Crippen LogP contribution in [0.4, 0.5) is 5.69 Å². The number of nitrogen functional groups attached to an aromatic ring is 1. The Morgan fingerprint density at radius 2 is 2.11 bits per heavy atom. The van der Waals surface area contributed by atoms with Gasteiger partial charge in [-0.3, -0.25) is 0 Å². The van der Waals surface area contributed by atoms with Crippen molar-refractivity contribution in [2.75, 3.05) is 12.3 Å². The molecule has 0 aliphatic heterocycles. The van der Waals surface area contributed by atoms with E-state index in [4.69, 9.17) is 15.9 Å². The molecular weight excluding hydrogens is 272 g/mol. The van der Waals surface area contributed by atoms with Gasteiger partial charge in [0.25, 0.3) is 0 Å². The standard InChI is InChI=1S/C11H16N2O5S/c1-2-8(6-14)13-19(17,18)10-4-3-7(11(15)16)5-9(10)12/h3-5,8,13-14H,2,6,12H2,1H3,(H,15,16)/t8-/m0/s1. The van der Waals surface area contributed by atoms with Gasteiger partial charge in [-0.2, -0.15) is 0 Å². The normalized spacial score (nSPS) is 13.2. The van der Waals surface area contributed by atoms with E-state index in [1.807, 2.05) is 0 Å². The highest BCUT2D eigenvalue weighted by molar-refractivity contribution is 7.89. The first-order chi connectivity index (χ1) is 8.81. The van der Waals surface area contributed by atoms with Gasteiger partial charge in [0.1, 0.15) is 4.90 Å². The molecule has 1 atom stereocenters. The third-order valence-corrected chi connectivity index (χ3v) is 4.18. The van der Waals surface area contributed by atoms with E-state index in [0.29, 0.717) is 6.42 Å². The number of carboxylic acids is 1. The summed E-state index contributed by atoms with van der Waals surface area (Å²) in [5.41, 5.74) is 5.31. The van der Waals surface area contributed by atoms with Crippen LogP contribution in [0.2, 0.25) is 0 Å². The summed E-state index contributed by atoms with van der Waals surface area (Å²) in [6.07, 6.45) is 0.419. The summed E-state index contributed by atoms with van der Waals surface area (Å²) in [6, 6.07) is 2.76. The Labute approximate surface area is 111 Å². The molecule has 0 aliphatic carbocycles. The van der Waals surface area contributed by atoms with Crippen molar-refractivity contribution in [3.05, 3.63) is 23.8 Å². The number of anilines is 1. The fraction of sp³-hybridized carbons (Fsp3) is 0.364. The highest BCUT2D eigenvalue weighted by Crippen LogP contribution is 2.20. The summed E-state index contributed by atoms with van der Waals surface area (Å²) in [6.45, 7) is 1.39. The van der Waals surface area contributed by atoms with E-state index in [2.05, 4.69) is 4.72 Å². The predicted molar refractivity (Wildman–Crippen MR) is 69.3 cm³/mol. The number of hydrogen-bond acceptors (Lipinski definition) is 5. The number of benzene rings is 1. The van der Waals surface area contributed by atoms with Crippen molar-refractivity contribution in [1.82, 2.24) is 4.72 Å². The highest BCUT2D eigenvalue weighted by Gasteiger charge is 2.21. The van der Waals surface area contributed by atoms with Crippen molar-refractivity contribution in [3.8, 4) is 0 Å². The van der Waals surface area contributed by atoms with Crippen molar-refractivity contribution >= 4 is 21.7 Å². The summed E-state index contributed by atoms with van der Waals surface area (Å²) in [5, 5.41) is 17.8. The van der Waals surface area contributed by atoms with Gasteiger partial charge in [-0.25, -0.2) is 17.9 Å². The molecule has 0 bridgehead atoms. The lowest BCUT2D eigenvalue weighted by molar-refractivity contribution is 0.0697. The maximum absolute atomic E-state index is 12.0. The lowest BCUT2D eigenvalue weighted by Gasteiger charge is -2.15. The zero-order valence-electron chi connectivity index (χ0n) is 10.3. The first-order valence-electron chi connectivity index (χ1n) is 5.57. The number of nitrogens with one attached hydrogen (secondary N) is 1. The molecule has 106 valence electrons. The third kappa shape index (κ3) is 3.66. The minimum Gasteiger partial charge on any atom is -0.478 e. The maximum Gasteiger partial charge on any atom is 0.335 e. The molecule has 0 aromatic heterocycles. The number of hydrogen-bond donors (Lipinski definition) is 4. The molecular formula is C11H16N2O5S. The molecule has 1 aromatic rings. The Morgan fingerprint density at radius 1 is 1.47 bits per heavy atom. The zero-order chi connectivity index (χ0) is 14.6. The Kier molecular flexibility index (Phi) is 4.87. The minimum absolute atomic E-state index is 0.0920. The first kappa shape index (κ1) is 15.4. The fourth-order valence-corrected chi connectivity index (χ4v) is 2.88. The lowest BCUT2D eigenvalue weighted by Crippen LogP contribution is -2.37. The molecule has 0 fully saturated rings. The van der Waals surface area contributed by atoms with Crippen LogP contribution in [0.3, 0.4) is 0 Å². The largest absolute Gasteiger partial charge is 0.478 e. The van der Waals surface area contributed by atoms with E-state index in [0.717, 1.165) is 18.2 Å². The molecule has 1 rings (SSSR count). The summed E-state index contributed by atoms with van der Waals surface area (Å²) >= 11 is 0. The van der Waals surface area contributed by atoms with Crippen molar-refractivity contribution < 1.29 is 23.4 Å². The van der Waals surface area contributed by atoms with Gasteiger partial charge in [0.05, 0.1) is 17.9 Å². The van der Waals surface area contributed by atoms with Crippen LogP contribution in [0.5, 0.6) is 0 Å². The van der Waals surface area contributed by atoms with Crippen molar-refractivity contribution in [2.45, 2.75) is 24.3 Å². The van der Waals surface area contributed by atoms with Crippen LogP contribution in [0.15, 0.2) is 23.1 Å². The number of nitrogens with two attached hydrogens (primary N) is 1. The molecule has 7 nitrogen and oxygen atoms in total. The lowest BCUT2D eigenvalue weighted by atomic mass is 10.2. The summed E-state index contributed by atoms with van der Waals surface area (Å²) in [5.74, 6) is -1.19. The fourth-order valence-electron chi connectivity index (χ4n) is 1.46. The van der Waals surface area contributed by atoms with Crippen molar-refractivity contribution in [3.63, 3.8) is 0 Å². The number of aliphatic hydroxyl groups is 1. The highest BCUT2D eigenvalue weighted by atomic mass is 32.2. The van der Waals surface area contributed by atoms with Crippen LogP contribution in [0.25, 0.3) is 0 Å². The summed E-state index contributed by atoms with van der Waals surface area (Å²) in [7, 11) is -3.88. The molecule has 1 aromatic carbocycles. The molecule has 0 radical (unpaired) electrons. The van der Waals surface area contributed by atoms with Crippen LogP contribution < -0.4 is 10.5 Å². The molecule has 0 heterocycles. The van der Waals surface area contributed by atoms with Crippen LogP contribution in [0, 0.1) is 0 Å². The molecule has 0 aliphatic rings. The molecule has 0 saturated carbocycles. The van der Waals surface area contributed by atoms with Crippen LogP contribution >= 0.6 is 0 Å². The Balaban J connectivity index is 3.12. The van der Waals surface area contributed by atoms with E-state index in [1.165, 1.54) is 0 Å². The SMILES string of the molecule is CC[C@@H](CO)NS(=O)(=O)c1ccc(C(=O)O)cc1N. The van der Waals surface area contributed by atoms with Gasteiger partial charge < -0.3 is 15.9 Å². The second-order valence-electron chi connectivity index (χ2n) is 3.97. The average molecular weight is 288 g/mol. The summed E-state index contributed by atoms with van der Waals surface area (Å²) in [4.78, 5) is 10.5. The van der Waals surface area contributed by atoms with Gasteiger partial charge in [-0.15, -0.1) is 0 Å². The molecule has 19 heavy (non-hydrogen) atoms. The topological polar surface area (TPSA) is 130 Å². The third-order valence-electron chi connectivity index (χ3n) is 2.58. The smallest absolute Gasteiger partial charge is 0.335 e. The number of sulfonamides is 1. The van der Waals surface area contributed by atoms with E-state index in [9.17, 15) is 13.2 Å². The number of rotatable bonds is 6. The second-order valence-corrected chi connectivity index (χ2v) is 5.65. The molecule has 5 N–H and O–H groups in total. The first-order valence-corrected chi connectivity index (χ1v) is 7.06. The van der Waals surface area contributed by atoms with Crippen molar-refractivity contribution in [1.29, 1.82) is 0 Å². The quantitative estimate of drug-likeness (QED) is 0.546. The molecule has 0 saturated heterocycles. The number of aliphatic hydroxyl groups excluding tert-OH is 1. The van der Waals surface area contributed by atoms with Crippen LogP contribution in [0.1, 0.15) is 23.7 Å². The van der Waals surface area contributed by atoms with Crippen molar-refractivity contribution in [2.24, 2.45) is 0 Å². The Morgan fingerprint density at radius 3 is 2.53 bits per heavy atom. The molecule has 8 heteroatoms. The van der Waals surface area contributed by atoms with Gasteiger partial charge >= 0.3 is 5.97 Å². The van der Waals surface area contributed by atoms with E-state index in [1.54, 1.807) is 6.92 Å². The van der Waals surface area contributed by atoms with E-state index < -0.39 is 22.0 Å². The minimum atomic E-state index is -3.88. The number of aromatic carboxylic acids is 1. The second kappa shape index (κ2) is 6.00. The monoisotopic (exact) mass is 288 g/mol. The number of carbonyl (C=O) groups is 1. The predicted octanol–water partition coefficient (Wildman–Crippen LogP) is 0.0162. The van der Waals surface area contributed by atoms with E-state index in [-0.39, 0.29) is 22.8 Å². The molecule has 0 amide bonds. The maximum atomic E-state index is 12.0. The van der Waals surface area contributed by atoms with Gasteiger partial charge in [0.2, 0.25) is 10.0 Å². The van der Waals surface area contributed by atoms with Crippen LogP contribution in [-0.4, -0.2) is 37.2 Å². The van der Waals surface area contributed by atoms with Gasteiger partial charge in [-0.05, 0) is 24.6 Å². The molecule has 0 spiro atoms. The zero-order valence-corrected chi connectivity index (χ0v) is 11.1. The summed E-state index contributed by atoms with van der Waals surface area (Å²) < 4.78 is 26.3. The molecule has 0 unspecified atom stereocenters. The van der Waals surface area contributed by atoms with Gasteiger partial charge in [0, 0.05) is 6.04 Å². The van der Waals surface area contributed by atoms with E-state index >= 15 is 0 Å². The van der Waals surface area contributed by atoms with Crippen LogP contribution in [-0.2, 0) is 10.0 Å². The Bertz CT molecular complexity index is 566. The number of carboxylic acid groups (broad SMARTS) is 1. The average Bonchev–Trinajstić information content (AvgIpc) is 2.35. The van der Waals surface area contributed by atoms with Gasteiger partial charge in [-0.1, -0.05) is 6.92 Å².